The van der Waals surface area contributed by atoms with Gasteiger partial charge < -0.3 is 10.1 Å². The van der Waals surface area contributed by atoms with Gasteiger partial charge in [0.1, 0.15) is 5.82 Å². The monoisotopic (exact) mass is 315 g/mol. The second-order valence-corrected chi connectivity index (χ2v) is 6.44. The largest absolute Gasteiger partial charge is 0.377 e. The summed E-state index contributed by atoms with van der Waals surface area (Å²) < 4.78 is 5.51. The van der Waals surface area contributed by atoms with E-state index in [1.807, 2.05) is 19.1 Å². The van der Waals surface area contributed by atoms with Crippen molar-refractivity contribution in [1.82, 2.24) is 9.88 Å². The molecule has 2 aliphatic heterocycles. The molecule has 23 heavy (non-hydrogen) atoms. The zero-order chi connectivity index (χ0) is 16.1. The normalized spacial score (nSPS) is 22.5. The van der Waals surface area contributed by atoms with Gasteiger partial charge in [-0.15, -0.1) is 0 Å². The topological polar surface area (TPSA) is 54.5 Å². The van der Waals surface area contributed by atoms with Crippen LogP contribution in [0.15, 0.2) is 30.0 Å². The quantitative estimate of drug-likeness (QED) is 0.867. The number of piperidine rings is 1. The highest BCUT2D eigenvalue weighted by Gasteiger charge is 2.26. The third kappa shape index (κ3) is 4.39. The zero-order valence-electron chi connectivity index (χ0n) is 13.8. The second-order valence-electron chi connectivity index (χ2n) is 6.44. The Morgan fingerprint density at radius 2 is 2.43 bits per heavy atom. The Balaban J connectivity index is 1.56. The summed E-state index contributed by atoms with van der Waals surface area (Å²) in [6.45, 7) is 6.33. The maximum Gasteiger partial charge on any atom is 0.229 e. The lowest BCUT2D eigenvalue weighted by Gasteiger charge is -2.33. The van der Waals surface area contributed by atoms with E-state index < -0.39 is 0 Å². The van der Waals surface area contributed by atoms with Crippen LogP contribution < -0.4 is 5.32 Å². The van der Waals surface area contributed by atoms with E-state index in [0.717, 1.165) is 57.7 Å². The van der Waals surface area contributed by atoms with Gasteiger partial charge in [0.2, 0.25) is 5.91 Å². The first-order valence-corrected chi connectivity index (χ1v) is 8.43. The van der Waals surface area contributed by atoms with E-state index in [2.05, 4.69) is 21.3 Å². The molecule has 1 saturated heterocycles. The lowest BCUT2D eigenvalue weighted by Crippen LogP contribution is -2.42. The fraction of sp³-hybridized carbons (Fsp3) is 0.556. The molecule has 1 atom stereocenters. The van der Waals surface area contributed by atoms with E-state index in [1.54, 1.807) is 6.20 Å². The van der Waals surface area contributed by atoms with Gasteiger partial charge in [-0.2, -0.15) is 0 Å². The van der Waals surface area contributed by atoms with Crippen molar-refractivity contribution < 1.29 is 9.53 Å². The number of hydrogen-bond donors (Lipinski definition) is 1. The van der Waals surface area contributed by atoms with Crippen LogP contribution in [-0.2, 0) is 9.53 Å². The summed E-state index contributed by atoms with van der Waals surface area (Å²) in [5.74, 6) is 0.804. The molecule has 3 rings (SSSR count). The number of aryl methyl sites for hydroxylation is 1. The predicted octanol–water partition coefficient (Wildman–Crippen LogP) is 2.39. The Kier molecular flexibility index (Phi) is 5.41. The van der Waals surface area contributed by atoms with Gasteiger partial charge in [0.05, 0.1) is 19.1 Å². The molecule has 0 bridgehead atoms. The molecule has 1 unspecified atom stereocenters. The van der Waals surface area contributed by atoms with Crippen LogP contribution in [0.2, 0.25) is 0 Å². The third-order valence-corrected chi connectivity index (χ3v) is 4.54. The van der Waals surface area contributed by atoms with Gasteiger partial charge in [0.25, 0.3) is 0 Å². The minimum Gasteiger partial charge on any atom is -0.377 e. The number of nitrogens with zero attached hydrogens (tertiary/aromatic N) is 2. The first-order chi connectivity index (χ1) is 11.2. The molecule has 3 heterocycles. The third-order valence-electron chi connectivity index (χ3n) is 4.54. The highest BCUT2D eigenvalue weighted by Crippen LogP contribution is 2.20. The summed E-state index contributed by atoms with van der Waals surface area (Å²) in [5.41, 5.74) is 2.34. The van der Waals surface area contributed by atoms with E-state index in [1.165, 1.54) is 5.57 Å². The maximum absolute atomic E-state index is 12.5. The number of aromatic nitrogens is 1. The van der Waals surface area contributed by atoms with Crippen LogP contribution in [0.25, 0.3) is 0 Å². The number of rotatable bonds is 4. The highest BCUT2D eigenvalue weighted by molar-refractivity contribution is 5.92. The molecule has 1 fully saturated rings. The van der Waals surface area contributed by atoms with Gasteiger partial charge in [-0.05, 0) is 49.9 Å². The van der Waals surface area contributed by atoms with Crippen LogP contribution in [-0.4, -0.2) is 48.6 Å². The first kappa shape index (κ1) is 16.1. The minimum absolute atomic E-state index is 0.0373. The average molecular weight is 315 g/mol. The SMILES string of the molecule is Cc1cccnc1NC(=O)C1CCCN(CC2=CCCOC2)C1. The molecule has 0 radical (unpaired) electrons. The number of pyridine rings is 1. The predicted molar refractivity (Wildman–Crippen MR) is 90.3 cm³/mol. The lowest BCUT2D eigenvalue weighted by molar-refractivity contribution is -0.121. The molecular weight excluding hydrogens is 290 g/mol. The summed E-state index contributed by atoms with van der Waals surface area (Å²) >= 11 is 0. The molecule has 5 heteroatoms. The van der Waals surface area contributed by atoms with Crippen LogP contribution >= 0.6 is 0 Å². The molecule has 124 valence electrons. The Morgan fingerprint density at radius 3 is 3.22 bits per heavy atom. The molecular formula is C18H25N3O2. The van der Waals surface area contributed by atoms with Crippen molar-refractivity contribution in [3.05, 3.63) is 35.5 Å². The van der Waals surface area contributed by atoms with Crippen LogP contribution in [0.4, 0.5) is 5.82 Å². The molecule has 0 spiro atoms. The van der Waals surface area contributed by atoms with Gasteiger partial charge in [-0.1, -0.05) is 12.1 Å². The van der Waals surface area contributed by atoms with Crippen LogP contribution in [0.3, 0.4) is 0 Å². The molecule has 1 N–H and O–H groups in total. The number of anilines is 1. The Bertz CT molecular complexity index is 585. The second kappa shape index (κ2) is 7.70. The molecule has 0 saturated carbocycles. The summed E-state index contributed by atoms with van der Waals surface area (Å²) in [5, 5.41) is 2.99. The van der Waals surface area contributed by atoms with E-state index in [9.17, 15) is 4.79 Å². The molecule has 1 aromatic heterocycles. The molecule has 1 amide bonds. The molecule has 5 nitrogen and oxygen atoms in total. The standard InChI is InChI=1S/C18H25N3O2/c1-14-5-2-8-19-17(14)20-18(22)16-7-3-9-21(12-16)11-15-6-4-10-23-13-15/h2,5-6,8,16H,3-4,7,9-13H2,1H3,(H,19,20,22). The first-order valence-electron chi connectivity index (χ1n) is 8.43. The number of ether oxygens (including phenoxy) is 1. The fourth-order valence-corrected chi connectivity index (χ4v) is 3.25. The van der Waals surface area contributed by atoms with Crippen LogP contribution in [0, 0.1) is 12.8 Å². The van der Waals surface area contributed by atoms with Crippen molar-refractivity contribution in [3.8, 4) is 0 Å². The van der Waals surface area contributed by atoms with E-state index in [0.29, 0.717) is 5.82 Å². The molecule has 1 aromatic rings. The molecule has 0 aromatic carbocycles. The van der Waals surface area contributed by atoms with Crippen molar-refractivity contribution in [2.75, 3.05) is 38.2 Å². The Hall–Kier alpha value is -1.72. The summed E-state index contributed by atoms with van der Waals surface area (Å²) in [4.78, 5) is 19.2. The number of carbonyl (C=O) groups is 1. The molecule has 0 aliphatic carbocycles. The van der Waals surface area contributed by atoms with Crippen molar-refractivity contribution in [2.45, 2.75) is 26.2 Å². The number of likely N-dealkylation sites (tertiary alicyclic amines) is 1. The van der Waals surface area contributed by atoms with E-state index in [-0.39, 0.29) is 11.8 Å². The fourth-order valence-electron chi connectivity index (χ4n) is 3.25. The average Bonchev–Trinajstić information content (AvgIpc) is 2.58. The van der Waals surface area contributed by atoms with Crippen molar-refractivity contribution in [3.63, 3.8) is 0 Å². The minimum atomic E-state index is 0.0373. The molecule has 2 aliphatic rings. The van der Waals surface area contributed by atoms with Gasteiger partial charge in [0.15, 0.2) is 0 Å². The number of amides is 1. The summed E-state index contributed by atoms with van der Waals surface area (Å²) in [6, 6.07) is 3.85. The Morgan fingerprint density at radius 1 is 1.52 bits per heavy atom. The van der Waals surface area contributed by atoms with Gasteiger partial charge >= 0.3 is 0 Å². The number of nitrogens with one attached hydrogen (secondary N) is 1. The highest BCUT2D eigenvalue weighted by atomic mass is 16.5. The van der Waals surface area contributed by atoms with Gasteiger partial charge in [0, 0.05) is 19.3 Å². The number of carbonyl (C=O) groups excluding carboxylic acids is 1. The van der Waals surface area contributed by atoms with Crippen LogP contribution in [0.5, 0.6) is 0 Å². The van der Waals surface area contributed by atoms with Gasteiger partial charge in [-0.3, -0.25) is 9.69 Å². The van der Waals surface area contributed by atoms with Crippen molar-refractivity contribution in [1.29, 1.82) is 0 Å². The summed E-state index contributed by atoms with van der Waals surface area (Å²) in [6.07, 6.45) is 7.01. The lowest BCUT2D eigenvalue weighted by atomic mass is 9.96. The maximum atomic E-state index is 12.5. The van der Waals surface area contributed by atoms with Crippen molar-refractivity contribution in [2.24, 2.45) is 5.92 Å². The van der Waals surface area contributed by atoms with Crippen LogP contribution in [0.1, 0.15) is 24.8 Å². The van der Waals surface area contributed by atoms with E-state index in [4.69, 9.17) is 4.74 Å². The van der Waals surface area contributed by atoms with Crippen molar-refractivity contribution >= 4 is 11.7 Å². The number of hydrogen-bond acceptors (Lipinski definition) is 4. The smallest absolute Gasteiger partial charge is 0.229 e. The zero-order valence-corrected chi connectivity index (χ0v) is 13.8. The van der Waals surface area contributed by atoms with Gasteiger partial charge in [-0.25, -0.2) is 4.98 Å². The summed E-state index contributed by atoms with van der Waals surface area (Å²) in [7, 11) is 0. The Labute approximate surface area is 137 Å². The van der Waals surface area contributed by atoms with E-state index >= 15 is 0 Å².